The Morgan fingerprint density at radius 2 is 2.00 bits per heavy atom. The van der Waals surface area contributed by atoms with Crippen LogP contribution < -0.4 is 16.4 Å². The average Bonchev–Trinajstić information content (AvgIpc) is 3.96. The van der Waals surface area contributed by atoms with Crippen molar-refractivity contribution in [1.29, 1.82) is 0 Å². The number of thiazole rings is 1. The van der Waals surface area contributed by atoms with Crippen molar-refractivity contribution < 1.29 is 52.6 Å². The van der Waals surface area contributed by atoms with Crippen molar-refractivity contribution in [3.8, 4) is 11.5 Å². The fourth-order valence-electron chi connectivity index (χ4n) is 6.95. The summed E-state index contributed by atoms with van der Waals surface area (Å²) in [5.74, 6) is -5.56. The number of esters is 1. The van der Waals surface area contributed by atoms with Gasteiger partial charge < -0.3 is 40.6 Å². The average molecular weight is 865 g/mol. The lowest BCUT2D eigenvalue weighted by molar-refractivity contribution is -0.911. The lowest BCUT2D eigenvalue weighted by Gasteiger charge is -2.50. The number of phenolic OH excluding ortho intramolecular Hbond substituents is 2. The van der Waals surface area contributed by atoms with Crippen LogP contribution in [0.1, 0.15) is 61.4 Å². The summed E-state index contributed by atoms with van der Waals surface area (Å²) in [6.45, 7) is 5.08. The zero-order valence-corrected chi connectivity index (χ0v) is 33.6. The molecule has 2 fully saturated rings. The number of nitrogens with zero attached hydrogens (tertiary/aromatic N) is 7. The minimum absolute atomic E-state index is 0.00246. The first-order valence-corrected chi connectivity index (χ1v) is 20.3. The highest BCUT2D eigenvalue weighted by atomic mass is 35.5. The van der Waals surface area contributed by atoms with Gasteiger partial charge in [-0.05, 0) is 23.8 Å². The molecular weight excluding hydrogens is 825 g/mol. The molecule has 24 heteroatoms. The number of aromatic nitrogens is 5. The summed E-state index contributed by atoms with van der Waals surface area (Å²) < 4.78 is 20.0. The van der Waals surface area contributed by atoms with E-state index < -0.39 is 82.2 Å². The number of fused-ring (bicyclic) bond motifs is 1. The number of tetrazole rings is 1. The number of thioether (sulfide) groups is 1. The molecule has 1 aromatic carbocycles. The zero-order valence-electron chi connectivity index (χ0n) is 31.2. The third-order valence-corrected chi connectivity index (χ3v) is 12.2. The summed E-state index contributed by atoms with van der Waals surface area (Å²) in [4.78, 5) is 76.0. The van der Waals surface area contributed by atoms with Crippen LogP contribution in [-0.2, 0) is 28.8 Å². The first-order valence-electron chi connectivity index (χ1n) is 18.1. The number of carbonyl (C=O) groups excluding carboxylic acids is 5. The monoisotopic (exact) mass is 864 g/mol. The van der Waals surface area contributed by atoms with Crippen LogP contribution in [0.4, 0.5) is 9.52 Å². The smallest absolute Gasteiger partial charge is 0.302 e. The molecule has 20 nitrogen and oxygen atoms in total. The molecule has 0 unspecified atom stereocenters. The molecule has 0 bridgehead atoms. The van der Waals surface area contributed by atoms with Gasteiger partial charge in [-0.3, -0.25) is 28.9 Å². The van der Waals surface area contributed by atoms with E-state index in [1.165, 1.54) is 23.6 Å². The van der Waals surface area contributed by atoms with E-state index in [2.05, 4.69) is 41.4 Å². The molecule has 0 spiro atoms. The van der Waals surface area contributed by atoms with E-state index in [0.717, 1.165) is 55.0 Å². The van der Waals surface area contributed by atoms with E-state index in [1.807, 2.05) is 0 Å². The van der Waals surface area contributed by atoms with Gasteiger partial charge in [0.2, 0.25) is 11.9 Å². The number of aromatic amines is 1. The van der Waals surface area contributed by atoms with Crippen molar-refractivity contribution >= 4 is 80.7 Å². The van der Waals surface area contributed by atoms with Gasteiger partial charge in [-0.15, -0.1) is 22.0 Å². The van der Waals surface area contributed by atoms with E-state index in [1.54, 1.807) is 6.92 Å². The molecule has 2 aromatic heterocycles. The highest BCUT2D eigenvalue weighted by Crippen LogP contribution is 2.44. The number of likely N-dealkylation sites (tertiary alicyclic amines) is 1. The Balaban J connectivity index is 1.20. The number of nitrogens with two attached hydrogens (primary N) is 1. The Kier molecular flexibility index (Phi) is 13.1. The maximum Gasteiger partial charge on any atom is 0.302 e. The van der Waals surface area contributed by atoms with E-state index in [4.69, 9.17) is 26.9 Å². The van der Waals surface area contributed by atoms with Crippen LogP contribution in [0.5, 0.6) is 11.5 Å². The number of rotatable bonds is 17. The van der Waals surface area contributed by atoms with Crippen LogP contribution in [0.3, 0.4) is 0 Å². The third-order valence-electron chi connectivity index (χ3n) is 9.75. The molecule has 3 aliphatic heterocycles. The van der Waals surface area contributed by atoms with Gasteiger partial charge >= 0.3 is 5.97 Å². The lowest BCUT2D eigenvalue weighted by Crippen LogP contribution is -2.70. The minimum atomic E-state index is -1.34. The number of ether oxygens (including phenoxy) is 1. The maximum atomic E-state index is 14.5. The Morgan fingerprint density at radius 3 is 2.66 bits per heavy atom. The lowest BCUT2D eigenvalue weighted by atomic mass is 10.0. The normalized spacial score (nSPS) is 19.3. The van der Waals surface area contributed by atoms with E-state index >= 15 is 0 Å². The van der Waals surface area contributed by atoms with Crippen molar-refractivity contribution in [3.63, 3.8) is 0 Å². The second-order valence-corrected chi connectivity index (χ2v) is 16.4. The molecule has 3 aliphatic rings. The Bertz CT molecular complexity index is 2150. The summed E-state index contributed by atoms with van der Waals surface area (Å²) >= 11 is 8.63. The van der Waals surface area contributed by atoms with Crippen LogP contribution in [0.15, 0.2) is 22.9 Å². The number of benzene rings is 1. The SMILES string of the molecule is CCCC(=O)[C@H](COC(C)=O)O/N=C(\C(=O)N[C@@H]1C(=O)N2C(c3nn[nH]n3)=C(C[N+]3(CCNC(=O)c4ccc(O)c(O)c4F)CCCC3)CS[C@H]12)c1nc(N)sc1Cl. The van der Waals surface area contributed by atoms with Gasteiger partial charge in [0.05, 0.1) is 37.4 Å². The van der Waals surface area contributed by atoms with Crippen LogP contribution in [0.25, 0.3) is 5.70 Å². The number of nitrogens with one attached hydrogen (secondary N) is 3. The molecule has 0 aliphatic carbocycles. The van der Waals surface area contributed by atoms with Crippen molar-refractivity contribution in [3.05, 3.63) is 44.9 Å². The summed E-state index contributed by atoms with van der Waals surface area (Å²) in [5.41, 5.74) is 6.10. The number of quaternary nitrogens is 1. The maximum absolute atomic E-state index is 14.5. The molecule has 310 valence electrons. The number of carbonyl (C=O) groups is 5. The van der Waals surface area contributed by atoms with E-state index in [9.17, 15) is 38.6 Å². The fraction of sp³-hybridized carbons (Fsp3) is 0.471. The summed E-state index contributed by atoms with van der Waals surface area (Å²) in [6.07, 6.45) is 1.03. The molecule has 3 aromatic rings. The predicted molar refractivity (Wildman–Crippen MR) is 207 cm³/mol. The number of halogens is 2. The van der Waals surface area contributed by atoms with E-state index in [-0.39, 0.29) is 34.0 Å². The molecular formula is C34H40ClFN11O9S2+. The summed E-state index contributed by atoms with van der Waals surface area (Å²) in [6, 6.07) is 1.05. The van der Waals surface area contributed by atoms with Crippen LogP contribution >= 0.6 is 34.7 Å². The summed E-state index contributed by atoms with van der Waals surface area (Å²) in [7, 11) is 0. The first kappa shape index (κ1) is 42.2. The number of amides is 3. The minimum Gasteiger partial charge on any atom is -0.504 e. The molecule has 0 saturated carbocycles. The number of Topliss-reactive ketones (excluding diaryl/α,β-unsaturated/α-hetero) is 1. The number of phenols is 2. The number of β-lactam (4-membered cyclic amide) rings is 1. The van der Waals surface area contributed by atoms with Crippen LogP contribution in [0, 0.1) is 5.82 Å². The number of nitrogen functional groups attached to an aromatic ring is 1. The van der Waals surface area contributed by atoms with Gasteiger partial charge in [0.25, 0.3) is 17.7 Å². The highest BCUT2D eigenvalue weighted by molar-refractivity contribution is 8.00. The summed E-state index contributed by atoms with van der Waals surface area (Å²) in [5, 5.41) is 42.5. The topological polar surface area (TPSA) is 277 Å². The molecule has 0 radical (unpaired) electrons. The van der Waals surface area contributed by atoms with Gasteiger partial charge in [0.1, 0.15) is 34.6 Å². The Morgan fingerprint density at radius 1 is 1.24 bits per heavy atom. The molecule has 6 rings (SSSR count). The first-order chi connectivity index (χ1) is 27.7. The van der Waals surface area contributed by atoms with E-state index in [0.29, 0.717) is 35.4 Å². The van der Waals surface area contributed by atoms with Crippen LogP contribution in [-0.4, -0.2) is 143 Å². The van der Waals surface area contributed by atoms with Gasteiger partial charge in [-0.2, -0.15) is 5.21 Å². The van der Waals surface area contributed by atoms with Crippen molar-refractivity contribution in [2.24, 2.45) is 5.16 Å². The van der Waals surface area contributed by atoms with Crippen molar-refractivity contribution in [2.75, 3.05) is 50.8 Å². The number of hydrogen-bond donors (Lipinski definition) is 6. The largest absolute Gasteiger partial charge is 0.504 e. The fourth-order valence-corrected chi connectivity index (χ4v) is 9.21. The number of aromatic hydroxyl groups is 2. The molecule has 58 heavy (non-hydrogen) atoms. The number of oxime groups is 1. The number of anilines is 1. The second kappa shape index (κ2) is 18.0. The number of ketones is 1. The standard InChI is InChI=1S/C34H39ClFN11O9S2/c1-3-6-19(49)21(14-55-16(2)48)56-43-24(23-28(35)58-34(37)40-23)31(53)39-25-32(54)46-26(29-41-44-45-42-29)17(15-57-33(25)46)13-47(10-4-5-11-47)12-9-38-30(52)18-7-8-20(50)27(51)22(18)36/h7-8,21,25,33H,3-6,9-15H2,1-2H3,(H6-,37,38,39,40,41,42,43,44,45,50,51,52,53)/p+1/t21-,25+,33+/m0/s1. The highest BCUT2D eigenvalue weighted by Gasteiger charge is 2.55. The number of hydrogen-bond acceptors (Lipinski definition) is 17. The van der Waals surface area contributed by atoms with Gasteiger partial charge in [0.15, 0.2) is 33.9 Å². The van der Waals surface area contributed by atoms with Crippen molar-refractivity contribution in [2.45, 2.75) is 57.1 Å². The molecule has 5 heterocycles. The predicted octanol–water partition coefficient (Wildman–Crippen LogP) is 1.32. The zero-order chi connectivity index (χ0) is 41.7. The van der Waals surface area contributed by atoms with Gasteiger partial charge in [-0.25, -0.2) is 9.37 Å². The third kappa shape index (κ3) is 9.01. The van der Waals surface area contributed by atoms with Crippen molar-refractivity contribution in [1.82, 2.24) is 41.1 Å². The molecule has 2 saturated heterocycles. The molecule has 3 amide bonds. The molecule has 3 atom stereocenters. The number of H-pyrrole nitrogens is 1. The van der Waals surface area contributed by atoms with Gasteiger partial charge in [-0.1, -0.05) is 35.0 Å². The van der Waals surface area contributed by atoms with Crippen LogP contribution in [0.2, 0.25) is 4.34 Å². The quantitative estimate of drug-likeness (QED) is 0.0279. The molecule has 7 N–H and O–H groups in total. The Hall–Kier alpha value is -5.39. The Labute approximate surface area is 342 Å². The van der Waals surface area contributed by atoms with Gasteiger partial charge in [0, 0.05) is 37.5 Å². The second-order valence-electron chi connectivity index (χ2n) is 13.7.